The number of carbonyl (C=O) groups is 1. The number of para-hydroxylation sites is 1. The number of rotatable bonds is 7. The average molecular weight is 335 g/mol. The quantitative estimate of drug-likeness (QED) is 0.682. The molecule has 122 valence electrons. The number of halogens is 1. The van der Waals surface area contributed by atoms with Crippen molar-refractivity contribution in [1.82, 2.24) is 10.6 Å². The molecule has 23 heavy (non-hydrogen) atoms. The van der Waals surface area contributed by atoms with Gasteiger partial charge in [-0.25, -0.2) is 4.79 Å². The van der Waals surface area contributed by atoms with Crippen LogP contribution in [0, 0.1) is 0 Å². The lowest BCUT2D eigenvalue weighted by Gasteiger charge is -2.11. The molecule has 3 N–H and O–H groups in total. The summed E-state index contributed by atoms with van der Waals surface area (Å²) < 4.78 is 5.48. The molecule has 2 amide bonds. The smallest absolute Gasteiger partial charge is 0.315 e. The first-order chi connectivity index (χ1) is 11.2. The molecule has 0 aliphatic heterocycles. The fourth-order valence-electron chi connectivity index (χ4n) is 2.01. The van der Waals surface area contributed by atoms with Crippen LogP contribution in [0.1, 0.15) is 11.1 Å². The van der Waals surface area contributed by atoms with Crippen LogP contribution >= 0.6 is 11.6 Å². The molecular formula is C17H19ClN2O3. The Bertz CT molecular complexity index is 649. The fraction of sp³-hybridized carbons (Fsp3) is 0.235. The van der Waals surface area contributed by atoms with Crippen LogP contribution in [-0.4, -0.2) is 24.3 Å². The second-order valence-corrected chi connectivity index (χ2v) is 5.22. The summed E-state index contributed by atoms with van der Waals surface area (Å²) in [6, 6.07) is 14.3. The maximum atomic E-state index is 11.7. The third-order valence-electron chi connectivity index (χ3n) is 3.21. The van der Waals surface area contributed by atoms with Crippen LogP contribution < -0.4 is 15.4 Å². The first-order valence-electron chi connectivity index (χ1n) is 7.27. The van der Waals surface area contributed by atoms with Gasteiger partial charge in [0.2, 0.25) is 0 Å². The molecule has 0 spiro atoms. The number of carbonyl (C=O) groups excluding carboxylic acids is 1. The Morgan fingerprint density at radius 1 is 1.04 bits per heavy atom. The number of hydrogen-bond acceptors (Lipinski definition) is 3. The van der Waals surface area contributed by atoms with Gasteiger partial charge in [-0.3, -0.25) is 0 Å². The average Bonchev–Trinajstić information content (AvgIpc) is 2.58. The molecule has 0 aliphatic carbocycles. The zero-order valence-electron chi connectivity index (χ0n) is 12.6. The lowest BCUT2D eigenvalue weighted by atomic mass is 10.1. The van der Waals surface area contributed by atoms with Crippen LogP contribution in [0.5, 0.6) is 5.75 Å². The summed E-state index contributed by atoms with van der Waals surface area (Å²) in [6.45, 7) is 0.988. The zero-order chi connectivity index (χ0) is 16.5. The molecule has 2 aromatic rings. The second kappa shape index (κ2) is 9.02. The summed E-state index contributed by atoms with van der Waals surface area (Å²) in [5.41, 5.74) is 1.69. The Labute approximate surface area is 140 Å². The van der Waals surface area contributed by atoms with Crippen molar-refractivity contribution in [2.75, 3.05) is 13.2 Å². The monoisotopic (exact) mass is 334 g/mol. The summed E-state index contributed by atoms with van der Waals surface area (Å²) >= 11 is 5.97. The minimum Gasteiger partial charge on any atom is -0.490 e. The van der Waals surface area contributed by atoms with E-state index in [1.165, 1.54) is 0 Å². The number of urea groups is 1. The van der Waals surface area contributed by atoms with Gasteiger partial charge in [-0.15, -0.1) is 0 Å². The third kappa shape index (κ3) is 5.47. The lowest BCUT2D eigenvalue weighted by Crippen LogP contribution is -2.37. The molecule has 0 atom stereocenters. The second-order valence-electron chi connectivity index (χ2n) is 4.82. The number of nitrogens with one attached hydrogen (secondary N) is 2. The number of benzene rings is 2. The third-order valence-corrected chi connectivity index (χ3v) is 3.52. The van der Waals surface area contributed by atoms with Crippen LogP contribution in [0.2, 0.25) is 5.02 Å². The van der Waals surface area contributed by atoms with Crippen molar-refractivity contribution in [2.45, 2.75) is 13.2 Å². The van der Waals surface area contributed by atoms with Gasteiger partial charge in [0.05, 0.1) is 18.2 Å². The summed E-state index contributed by atoms with van der Waals surface area (Å²) in [4.78, 5) is 11.7. The van der Waals surface area contributed by atoms with Crippen molar-refractivity contribution in [3.05, 3.63) is 64.7 Å². The van der Waals surface area contributed by atoms with E-state index in [-0.39, 0.29) is 12.6 Å². The van der Waals surface area contributed by atoms with Crippen molar-refractivity contribution in [3.63, 3.8) is 0 Å². The van der Waals surface area contributed by atoms with E-state index < -0.39 is 0 Å². The number of ether oxygens (including phenoxy) is 1. The zero-order valence-corrected chi connectivity index (χ0v) is 13.3. The number of aliphatic hydroxyl groups is 1. The number of amides is 2. The largest absolute Gasteiger partial charge is 0.490 e. The molecule has 0 aromatic heterocycles. The number of aliphatic hydroxyl groups excluding tert-OH is 1. The SMILES string of the molecule is O=C(NCCOc1ccccc1Cl)NCc1ccccc1CO. The van der Waals surface area contributed by atoms with E-state index in [2.05, 4.69) is 10.6 Å². The standard InChI is InChI=1S/C17H19ClN2O3/c18-15-7-3-4-8-16(15)23-10-9-19-17(22)20-11-13-5-1-2-6-14(13)12-21/h1-8,21H,9-12H2,(H2,19,20,22). The van der Waals surface area contributed by atoms with Crippen molar-refractivity contribution in [2.24, 2.45) is 0 Å². The Morgan fingerprint density at radius 2 is 1.74 bits per heavy atom. The van der Waals surface area contributed by atoms with Gasteiger partial charge >= 0.3 is 6.03 Å². The van der Waals surface area contributed by atoms with E-state index in [1.807, 2.05) is 36.4 Å². The van der Waals surface area contributed by atoms with Crippen molar-refractivity contribution >= 4 is 17.6 Å². The van der Waals surface area contributed by atoms with Crippen LogP contribution in [-0.2, 0) is 13.2 Å². The highest BCUT2D eigenvalue weighted by Crippen LogP contribution is 2.22. The number of hydrogen-bond donors (Lipinski definition) is 3. The van der Waals surface area contributed by atoms with Crippen molar-refractivity contribution in [1.29, 1.82) is 0 Å². The Balaban J connectivity index is 1.68. The molecule has 0 saturated heterocycles. The van der Waals surface area contributed by atoms with Gasteiger partial charge in [0.25, 0.3) is 0 Å². The molecule has 6 heteroatoms. The Hall–Kier alpha value is -2.24. The van der Waals surface area contributed by atoms with Gasteiger partial charge in [-0.2, -0.15) is 0 Å². The van der Waals surface area contributed by atoms with Crippen LogP contribution in [0.4, 0.5) is 4.79 Å². The summed E-state index contributed by atoms with van der Waals surface area (Å²) in [7, 11) is 0. The summed E-state index contributed by atoms with van der Waals surface area (Å²) in [5.74, 6) is 0.591. The fourth-order valence-corrected chi connectivity index (χ4v) is 2.20. The van der Waals surface area contributed by atoms with E-state index in [0.717, 1.165) is 11.1 Å². The maximum Gasteiger partial charge on any atom is 0.315 e. The minimum absolute atomic E-state index is 0.0504. The van der Waals surface area contributed by atoms with Gasteiger partial charge < -0.3 is 20.5 Å². The first-order valence-corrected chi connectivity index (χ1v) is 7.65. The van der Waals surface area contributed by atoms with Crippen LogP contribution in [0.3, 0.4) is 0 Å². The predicted molar refractivity (Wildman–Crippen MR) is 89.6 cm³/mol. The van der Waals surface area contributed by atoms with E-state index in [9.17, 15) is 9.90 Å². The molecule has 0 unspecified atom stereocenters. The van der Waals surface area contributed by atoms with Crippen LogP contribution in [0.15, 0.2) is 48.5 Å². The lowest BCUT2D eigenvalue weighted by molar-refractivity contribution is 0.236. The molecule has 0 aliphatic rings. The molecule has 2 rings (SSSR count). The Kier molecular flexibility index (Phi) is 6.72. The highest BCUT2D eigenvalue weighted by molar-refractivity contribution is 6.32. The minimum atomic E-state index is -0.291. The van der Waals surface area contributed by atoms with Gasteiger partial charge in [-0.05, 0) is 23.3 Å². The summed E-state index contributed by atoms with van der Waals surface area (Å²) in [6.07, 6.45) is 0. The first kappa shape index (κ1) is 17.1. The summed E-state index contributed by atoms with van der Waals surface area (Å²) in [5, 5.41) is 15.2. The molecule has 2 aromatic carbocycles. The molecular weight excluding hydrogens is 316 g/mol. The predicted octanol–water partition coefficient (Wildman–Crippen LogP) is 2.71. The highest BCUT2D eigenvalue weighted by Gasteiger charge is 2.04. The molecule has 0 radical (unpaired) electrons. The van der Waals surface area contributed by atoms with Crippen molar-refractivity contribution in [3.8, 4) is 5.75 Å². The molecule has 0 heterocycles. The van der Waals surface area contributed by atoms with E-state index in [4.69, 9.17) is 16.3 Å². The van der Waals surface area contributed by atoms with Crippen LogP contribution in [0.25, 0.3) is 0 Å². The van der Waals surface area contributed by atoms with Gasteiger partial charge in [-0.1, -0.05) is 48.0 Å². The van der Waals surface area contributed by atoms with Gasteiger partial charge in [0.1, 0.15) is 12.4 Å². The van der Waals surface area contributed by atoms with Crippen molar-refractivity contribution < 1.29 is 14.6 Å². The molecule has 0 bridgehead atoms. The van der Waals surface area contributed by atoms with E-state index in [1.54, 1.807) is 12.1 Å². The van der Waals surface area contributed by atoms with Gasteiger partial charge in [0.15, 0.2) is 0 Å². The Morgan fingerprint density at radius 3 is 2.48 bits per heavy atom. The van der Waals surface area contributed by atoms with Gasteiger partial charge in [0, 0.05) is 6.54 Å². The topological polar surface area (TPSA) is 70.6 Å². The normalized spacial score (nSPS) is 10.2. The molecule has 5 nitrogen and oxygen atoms in total. The van der Waals surface area contributed by atoms with E-state index in [0.29, 0.717) is 30.5 Å². The highest BCUT2D eigenvalue weighted by atomic mass is 35.5. The molecule has 0 fully saturated rings. The van der Waals surface area contributed by atoms with E-state index >= 15 is 0 Å². The molecule has 0 saturated carbocycles. The maximum absolute atomic E-state index is 11.7.